The molecule has 2 aromatic carbocycles. The number of benzene rings is 2. The van der Waals surface area contributed by atoms with E-state index in [1.807, 2.05) is 19.1 Å². The van der Waals surface area contributed by atoms with Gasteiger partial charge in [0.05, 0.1) is 29.8 Å². The van der Waals surface area contributed by atoms with Crippen LogP contribution in [0.1, 0.15) is 38.2 Å². The summed E-state index contributed by atoms with van der Waals surface area (Å²) in [6.45, 7) is 5.27. The van der Waals surface area contributed by atoms with Gasteiger partial charge in [-0.1, -0.05) is 18.2 Å². The fourth-order valence-electron chi connectivity index (χ4n) is 5.12. The Morgan fingerprint density at radius 2 is 1.91 bits per heavy atom. The number of aliphatic hydroxyl groups excluding tert-OH is 1. The van der Waals surface area contributed by atoms with Crippen molar-refractivity contribution in [2.24, 2.45) is 12.8 Å². The molecule has 0 saturated carbocycles. The zero-order chi connectivity index (χ0) is 24.5. The summed E-state index contributed by atoms with van der Waals surface area (Å²) in [4.78, 5) is 4.94. The van der Waals surface area contributed by atoms with Crippen LogP contribution in [0.15, 0.2) is 42.5 Å². The molecule has 1 saturated heterocycles. The standard InChI is InChI=1S/C28H35N3O4/c1-17-20-9-5-6-10-23(20)30-28-26(17)21-15-19(11-12-24(21)31(28)3)33-13-7-4-8-14-34-25-16-22(29)27(32)18(2)35-25/h5-6,9-12,15,18,22,25,27,32H,4,7-8,13-14,16,29H2,1-3H3/t18-,22-,25+,27-/m0/s1. The maximum absolute atomic E-state index is 9.87. The van der Waals surface area contributed by atoms with E-state index in [0.717, 1.165) is 41.7 Å². The first-order chi connectivity index (χ1) is 16.9. The number of hydrogen-bond donors (Lipinski definition) is 2. The number of unbranched alkanes of at least 4 members (excludes halogenated alkanes) is 2. The lowest BCUT2D eigenvalue weighted by atomic mass is 10.0. The maximum Gasteiger partial charge on any atom is 0.159 e. The molecular weight excluding hydrogens is 442 g/mol. The van der Waals surface area contributed by atoms with E-state index >= 15 is 0 Å². The molecular formula is C28H35N3O4. The molecule has 0 aliphatic carbocycles. The van der Waals surface area contributed by atoms with Crippen molar-refractivity contribution in [1.29, 1.82) is 0 Å². The van der Waals surface area contributed by atoms with E-state index in [1.54, 1.807) is 0 Å². The number of aryl methyl sites for hydroxylation is 2. The number of fused-ring (bicyclic) bond motifs is 4. The van der Waals surface area contributed by atoms with E-state index in [1.165, 1.54) is 21.7 Å². The Morgan fingerprint density at radius 1 is 1.11 bits per heavy atom. The van der Waals surface area contributed by atoms with Crippen molar-refractivity contribution in [1.82, 2.24) is 9.55 Å². The number of aromatic nitrogens is 2. The highest BCUT2D eigenvalue weighted by Crippen LogP contribution is 2.35. The van der Waals surface area contributed by atoms with Gasteiger partial charge < -0.3 is 29.6 Å². The first kappa shape index (κ1) is 24.0. The van der Waals surface area contributed by atoms with Crippen molar-refractivity contribution < 1.29 is 19.3 Å². The number of pyridine rings is 1. The average Bonchev–Trinajstić information content (AvgIpc) is 3.13. The van der Waals surface area contributed by atoms with Gasteiger partial charge in [-0.05, 0) is 62.9 Å². The molecule has 0 spiro atoms. The van der Waals surface area contributed by atoms with Crippen molar-refractivity contribution >= 4 is 32.8 Å². The Balaban J connectivity index is 1.17. The van der Waals surface area contributed by atoms with E-state index in [9.17, 15) is 5.11 Å². The Morgan fingerprint density at radius 3 is 2.74 bits per heavy atom. The molecule has 0 bridgehead atoms. The Hall–Kier alpha value is -2.71. The summed E-state index contributed by atoms with van der Waals surface area (Å²) in [7, 11) is 2.07. The normalized spacial score (nSPS) is 22.9. The monoisotopic (exact) mass is 477 g/mol. The molecule has 7 heteroatoms. The van der Waals surface area contributed by atoms with Crippen LogP contribution in [0.2, 0.25) is 0 Å². The Bertz CT molecular complexity index is 1320. The smallest absolute Gasteiger partial charge is 0.159 e. The van der Waals surface area contributed by atoms with E-state index < -0.39 is 6.10 Å². The van der Waals surface area contributed by atoms with Crippen molar-refractivity contribution in [3.63, 3.8) is 0 Å². The number of ether oxygens (including phenoxy) is 3. The molecule has 186 valence electrons. The number of nitrogens with two attached hydrogens (primary N) is 1. The molecule has 0 unspecified atom stereocenters. The van der Waals surface area contributed by atoms with Crippen LogP contribution in [0.5, 0.6) is 5.75 Å². The molecule has 1 fully saturated rings. The summed E-state index contributed by atoms with van der Waals surface area (Å²) in [5.74, 6) is 0.881. The van der Waals surface area contributed by atoms with Crippen LogP contribution in [0.3, 0.4) is 0 Å². The van der Waals surface area contributed by atoms with Gasteiger partial charge in [0.25, 0.3) is 0 Å². The Labute approximate surface area is 205 Å². The largest absolute Gasteiger partial charge is 0.494 e. The third-order valence-electron chi connectivity index (χ3n) is 7.16. The average molecular weight is 478 g/mol. The highest BCUT2D eigenvalue weighted by atomic mass is 16.7. The first-order valence-electron chi connectivity index (χ1n) is 12.5. The third kappa shape index (κ3) is 4.74. The van der Waals surface area contributed by atoms with Crippen molar-refractivity contribution in [3.8, 4) is 5.75 Å². The molecule has 2 aromatic heterocycles. The quantitative estimate of drug-likeness (QED) is 0.361. The topological polar surface area (TPSA) is 91.8 Å². The molecule has 5 rings (SSSR count). The lowest BCUT2D eigenvalue weighted by Crippen LogP contribution is -2.51. The number of aliphatic hydroxyl groups is 1. The fraction of sp³-hybridized carbons (Fsp3) is 0.464. The highest BCUT2D eigenvalue weighted by Gasteiger charge is 2.33. The molecule has 7 nitrogen and oxygen atoms in total. The zero-order valence-corrected chi connectivity index (χ0v) is 20.7. The summed E-state index contributed by atoms with van der Waals surface area (Å²) in [5, 5.41) is 13.4. The summed E-state index contributed by atoms with van der Waals surface area (Å²) in [6.07, 6.45) is 2.15. The second-order valence-corrected chi connectivity index (χ2v) is 9.63. The van der Waals surface area contributed by atoms with Crippen LogP contribution in [-0.2, 0) is 16.5 Å². The SMILES string of the molecule is Cc1c2ccccc2nc2c1c1cc(OCCCCCO[C@H]3C[C@H](N)[C@@H](O)[C@H](C)O3)ccc1n2C. The van der Waals surface area contributed by atoms with Crippen LogP contribution < -0.4 is 10.5 Å². The zero-order valence-electron chi connectivity index (χ0n) is 20.7. The molecule has 0 amide bonds. The van der Waals surface area contributed by atoms with Crippen LogP contribution in [0.25, 0.3) is 32.8 Å². The number of para-hydroxylation sites is 1. The minimum absolute atomic E-state index is 0.297. The molecule has 3 N–H and O–H groups in total. The van der Waals surface area contributed by atoms with Gasteiger partial charge in [0, 0.05) is 42.3 Å². The highest BCUT2D eigenvalue weighted by molar-refractivity contribution is 6.12. The molecule has 1 aliphatic rings. The van der Waals surface area contributed by atoms with E-state index in [-0.39, 0.29) is 18.4 Å². The number of hydrogen-bond acceptors (Lipinski definition) is 6. The molecule has 3 heterocycles. The minimum atomic E-state index is -0.625. The minimum Gasteiger partial charge on any atom is -0.494 e. The number of rotatable bonds is 8. The molecule has 35 heavy (non-hydrogen) atoms. The van der Waals surface area contributed by atoms with Crippen molar-refractivity contribution in [2.45, 2.75) is 64.1 Å². The van der Waals surface area contributed by atoms with E-state index in [0.29, 0.717) is 19.6 Å². The van der Waals surface area contributed by atoms with Crippen molar-refractivity contribution in [2.75, 3.05) is 13.2 Å². The lowest BCUT2D eigenvalue weighted by molar-refractivity contribution is -0.222. The van der Waals surface area contributed by atoms with Gasteiger partial charge in [-0.15, -0.1) is 0 Å². The molecule has 1 aliphatic heterocycles. The first-order valence-corrected chi connectivity index (χ1v) is 12.5. The Kier molecular flexibility index (Phi) is 6.93. The molecule has 0 radical (unpaired) electrons. The van der Waals surface area contributed by atoms with Gasteiger partial charge in [-0.2, -0.15) is 0 Å². The summed E-state index contributed by atoms with van der Waals surface area (Å²) in [5.41, 5.74) is 10.4. The van der Waals surface area contributed by atoms with Gasteiger partial charge >= 0.3 is 0 Å². The van der Waals surface area contributed by atoms with Gasteiger partial charge in [0.2, 0.25) is 0 Å². The van der Waals surface area contributed by atoms with Crippen LogP contribution in [0.4, 0.5) is 0 Å². The van der Waals surface area contributed by atoms with Gasteiger partial charge in [0.1, 0.15) is 11.4 Å². The summed E-state index contributed by atoms with van der Waals surface area (Å²) >= 11 is 0. The van der Waals surface area contributed by atoms with Crippen LogP contribution in [0, 0.1) is 6.92 Å². The predicted molar refractivity (Wildman–Crippen MR) is 139 cm³/mol. The summed E-state index contributed by atoms with van der Waals surface area (Å²) in [6, 6.07) is 14.3. The maximum atomic E-state index is 9.87. The van der Waals surface area contributed by atoms with Crippen molar-refractivity contribution in [3.05, 3.63) is 48.0 Å². The second-order valence-electron chi connectivity index (χ2n) is 9.63. The third-order valence-corrected chi connectivity index (χ3v) is 7.16. The van der Waals surface area contributed by atoms with Crippen LogP contribution >= 0.6 is 0 Å². The molecule has 4 aromatic rings. The predicted octanol–water partition coefficient (Wildman–Crippen LogP) is 4.58. The number of nitrogens with zero attached hydrogens (tertiary/aromatic N) is 2. The van der Waals surface area contributed by atoms with Gasteiger partial charge in [-0.25, -0.2) is 4.98 Å². The molecule has 4 atom stereocenters. The van der Waals surface area contributed by atoms with Gasteiger partial charge in [-0.3, -0.25) is 0 Å². The fourth-order valence-corrected chi connectivity index (χ4v) is 5.12. The summed E-state index contributed by atoms with van der Waals surface area (Å²) < 4.78 is 19.7. The second kappa shape index (κ2) is 10.1. The van der Waals surface area contributed by atoms with Crippen LogP contribution in [-0.4, -0.2) is 52.4 Å². The van der Waals surface area contributed by atoms with E-state index in [4.69, 9.17) is 24.9 Å². The lowest BCUT2D eigenvalue weighted by Gasteiger charge is -2.35. The van der Waals surface area contributed by atoms with E-state index in [2.05, 4.69) is 48.9 Å². The van der Waals surface area contributed by atoms with Gasteiger partial charge in [0.15, 0.2) is 6.29 Å².